The molecule has 6 heteroatoms. The van der Waals surface area contributed by atoms with Crippen molar-refractivity contribution in [2.45, 2.75) is 28.5 Å². The zero-order chi connectivity index (χ0) is 10.2. The van der Waals surface area contributed by atoms with Gasteiger partial charge in [0.25, 0.3) is 0 Å². The highest BCUT2D eigenvalue weighted by molar-refractivity contribution is 14.1. The molecule has 72 valence electrons. The van der Waals surface area contributed by atoms with E-state index in [9.17, 15) is 15.3 Å². The summed E-state index contributed by atoms with van der Waals surface area (Å²) in [6, 6.07) is 0. The van der Waals surface area contributed by atoms with Gasteiger partial charge in [-0.2, -0.15) is 0 Å². The summed E-state index contributed by atoms with van der Waals surface area (Å²) < 4.78 is 10.5. The van der Waals surface area contributed by atoms with Crippen molar-refractivity contribution in [3.05, 3.63) is 0 Å². The summed E-state index contributed by atoms with van der Waals surface area (Å²) in [5, 5.41) is 36.5. The number of alkyl halides is 1. The van der Waals surface area contributed by atoms with Crippen LogP contribution >= 0.6 is 22.6 Å². The highest BCUT2D eigenvalue weighted by Crippen LogP contribution is 2.24. The third kappa shape index (κ3) is 1.88. The van der Waals surface area contributed by atoms with E-state index in [2.05, 4.69) is 0 Å². The molecular weight excluding hydrogens is 279 g/mol. The molecule has 1 rings (SSSR count). The Morgan fingerprint density at radius 3 is 2.33 bits per heavy atom. The van der Waals surface area contributed by atoms with Crippen LogP contribution < -0.4 is 0 Å². The fourth-order valence-corrected chi connectivity index (χ4v) is 1.67. The minimum absolute atomic E-state index is 0.505. The smallest absolute Gasteiger partial charge is 0.137 e. The molecule has 0 amide bonds. The molecule has 1 saturated heterocycles. The minimum Gasteiger partial charge on any atom is -0.394 e. The molecule has 5 nitrogen and oxygen atoms in total. The fraction of sp³-hybridized carbons (Fsp3) is 1.00. The van der Waals surface area contributed by atoms with E-state index in [0.29, 0.717) is 0 Å². The van der Waals surface area contributed by atoms with Crippen LogP contribution in [0.1, 0.15) is 1.37 Å². The Hall–Kier alpha value is 0.530. The zero-order valence-electron chi connectivity index (χ0n) is 7.09. The maximum Gasteiger partial charge on any atom is 0.137 e. The quantitative estimate of drug-likeness (QED) is 0.339. The Morgan fingerprint density at radius 1 is 1.25 bits per heavy atom. The van der Waals surface area contributed by atoms with Crippen LogP contribution in [-0.4, -0.2) is 55.5 Å². The lowest BCUT2D eigenvalue weighted by Crippen LogP contribution is -2.56. The topological polar surface area (TPSA) is 90.2 Å². The van der Waals surface area contributed by atoms with Crippen LogP contribution in [0, 0.1) is 0 Å². The first-order valence-electron chi connectivity index (χ1n) is 3.92. The molecule has 1 heterocycles. The van der Waals surface area contributed by atoms with Gasteiger partial charge < -0.3 is 25.2 Å². The van der Waals surface area contributed by atoms with E-state index in [0.717, 1.165) is 0 Å². The lowest BCUT2D eigenvalue weighted by atomic mass is 10.0. The summed E-state index contributed by atoms with van der Waals surface area (Å²) in [5.41, 5.74) is 0. The molecule has 12 heavy (non-hydrogen) atoms. The second-order valence-electron chi connectivity index (χ2n) is 2.57. The highest BCUT2D eigenvalue weighted by atomic mass is 127. The summed E-state index contributed by atoms with van der Waals surface area (Å²) >= 11 is 1.49. The van der Waals surface area contributed by atoms with Gasteiger partial charge in [-0.25, -0.2) is 0 Å². The van der Waals surface area contributed by atoms with E-state index in [1.807, 2.05) is 0 Å². The monoisotopic (exact) mass is 291 g/mol. The molecule has 4 N–H and O–H groups in total. The van der Waals surface area contributed by atoms with Crippen LogP contribution in [0.3, 0.4) is 0 Å². The van der Waals surface area contributed by atoms with Gasteiger partial charge in [0.15, 0.2) is 0 Å². The molecule has 5 atom stereocenters. The van der Waals surface area contributed by atoms with Crippen molar-refractivity contribution in [1.82, 2.24) is 0 Å². The van der Waals surface area contributed by atoms with Crippen molar-refractivity contribution < 1.29 is 26.5 Å². The maximum absolute atomic E-state index is 9.28. The van der Waals surface area contributed by atoms with Crippen molar-refractivity contribution in [1.29, 1.82) is 0 Å². The third-order valence-electron chi connectivity index (χ3n) is 1.73. The molecule has 1 unspecified atom stereocenters. The third-order valence-corrected chi connectivity index (χ3v) is 2.62. The molecule has 1 aliphatic heterocycles. The van der Waals surface area contributed by atoms with Crippen LogP contribution in [0.15, 0.2) is 0 Å². The van der Waals surface area contributed by atoms with Gasteiger partial charge in [-0.3, -0.25) is 0 Å². The molecule has 0 radical (unpaired) electrons. The van der Waals surface area contributed by atoms with Crippen LogP contribution in [0.2, 0.25) is 0 Å². The first-order valence-corrected chi connectivity index (χ1v) is 4.50. The molecule has 0 spiro atoms. The Balaban J connectivity index is 2.79. The second kappa shape index (κ2) is 4.16. The maximum atomic E-state index is 9.28. The second-order valence-corrected chi connectivity index (χ2v) is 3.63. The predicted octanol–water partition coefficient (Wildman–Crippen LogP) is -1.78. The molecule has 1 fully saturated rings. The lowest BCUT2D eigenvalue weighted by Gasteiger charge is -2.37. The molecule has 0 aromatic carbocycles. The molecule has 0 aliphatic carbocycles. The van der Waals surface area contributed by atoms with E-state index in [1.54, 1.807) is 0 Å². The van der Waals surface area contributed by atoms with Crippen LogP contribution in [-0.2, 0) is 4.74 Å². The lowest BCUT2D eigenvalue weighted by molar-refractivity contribution is -0.201. The minimum atomic E-state index is -1.73. The molecule has 0 saturated carbocycles. The van der Waals surface area contributed by atoms with Gasteiger partial charge in [0.2, 0.25) is 0 Å². The van der Waals surface area contributed by atoms with Crippen LogP contribution in [0.25, 0.3) is 0 Å². The summed E-state index contributed by atoms with van der Waals surface area (Å²) in [5.74, 6) is 0. The van der Waals surface area contributed by atoms with Crippen LogP contribution in [0.4, 0.5) is 0 Å². The van der Waals surface area contributed by atoms with Gasteiger partial charge >= 0.3 is 0 Å². The summed E-state index contributed by atoms with van der Waals surface area (Å²) in [7, 11) is 0. The van der Waals surface area contributed by atoms with E-state index < -0.39 is 35.1 Å². The molecule has 1 aliphatic rings. The van der Waals surface area contributed by atoms with Gasteiger partial charge in [0.1, 0.15) is 28.5 Å². The first-order chi connectivity index (χ1) is 5.90. The number of hydrogen-bond donors (Lipinski definition) is 4. The zero-order valence-corrected chi connectivity index (χ0v) is 8.25. The van der Waals surface area contributed by atoms with Gasteiger partial charge in [-0.1, -0.05) is 0 Å². The average molecular weight is 291 g/mol. The first kappa shape index (κ1) is 9.10. The largest absolute Gasteiger partial charge is 0.394 e. The number of aliphatic hydroxyl groups is 4. The van der Waals surface area contributed by atoms with E-state index >= 15 is 0 Å². The van der Waals surface area contributed by atoms with Crippen molar-refractivity contribution in [3.8, 4) is 0 Å². The SMILES string of the molecule is [2H]C1(I)O[C@H](CO)[C@@H](O)[C@H](O)[C@H]1O. The van der Waals surface area contributed by atoms with Gasteiger partial charge in [0, 0.05) is 0 Å². The van der Waals surface area contributed by atoms with E-state index in [4.69, 9.17) is 11.2 Å². The normalized spacial score (nSPS) is 56.6. The van der Waals surface area contributed by atoms with Crippen molar-refractivity contribution in [2.75, 3.05) is 6.61 Å². The van der Waals surface area contributed by atoms with E-state index in [1.165, 1.54) is 22.6 Å². The van der Waals surface area contributed by atoms with Crippen molar-refractivity contribution in [2.24, 2.45) is 0 Å². The Morgan fingerprint density at radius 2 is 1.83 bits per heavy atom. The van der Waals surface area contributed by atoms with Crippen molar-refractivity contribution in [3.63, 3.8) is 0 Å². The standard InChI is InChI=1S/C6H11IO5/c7-6-5(11)4(10)3(9)2(1-8)12-6/h2-6,8-11H,1H2/t2-,3-,4+,5-,6?/m1/s1/i6D. The number of halogens is 1. The number of aliphatic hydroxyl groups excluding tert-OH is 4. The summed E-state index contributed by atoms with van der Waals surface area (Å²) in [6.45, 7) is -0.505. The molecular formula is C6H11IO5. The molecule has 0 aromatic rings. The van der Waals surface area contributed by atoms with Crippen LogP contribution in [0.5, 0.6) is 0 Å². The predicted molar refractivity (Wildman–Crippen MR) is 47.8 cm³/mol. The Kier molecular flexibility index (Phi) is 3.15. The van der Waals surface area contributed by atoms with Gasteiger partial charge in [-0.05, 0) is 22.6 Å². The van der Waals surface area contributed by atoms with Gasteiger partial charge in [0.05, 0.1) is 7.98 Å². The number of ether oxygens (including phenoxy) is 1. The van der Waals surface area contributed by atoms with Gasteiger partial charge in [-0.15, -0.1) is 0 Å². The Labute approximate surface area is 84.5 Å². The highest BCUT2D eigenvalue weighted by Gasteiger charge is 2.42. The number of hydrogen-bond acceptors (Lipinski definition) is 5. The van der Waals surface area contributed by atoms with E-state index in [-0.39, 0.29) is 0 Å². The average Bonchev–Trinajstić information content (AvgIpc) is 2.08. The van der Waals surface area contributed by atoms with Crippen molar-refractivity contribution >= 4 is 22.6 Å². The summed E-state index contributed by atoms with van der Waals surface area (Å²) in [6.07, 6.45) is -5.37. The summed E-state index contributed by atoms with van der Waals surface area (Å²) in [4.78, 5) is 0. The number of rotatable bonds is 1. The fourth-order valence-electron chi connectivity index (χ4n) is 0.970. The molecule has 0 bridgehead atoms. The molecule has 0 aromatic heterocycles. The Bertz CT molecular complexity index is 188.